The van der Waals surface area contributed by atoms with Gasteiger partial charge in [0.1, 0.15) is 0 Å². The van der Waals surface area contributed by atoms with Crippen LogP contribution in [-0.4, -0.2) is 61.3 Å². The molecule has 22 heavy (non-hydrogen) atoms. The number of rotatable bonds is 4. The molecule has 0 aromatic carbocycles. The molecule has 2 fully saturated rings. The second-order valence-electron chi connectivity index (χ2n) is 6.13. The Kier molecular flexibility index (Phi) is 5.33. The monoisotopic (exact) mass is 323 g/mol. The zero-order valence-corrected chi connectivity index (χ0v) is 14.0. The topological polar surface area (TPSA) is 44.8 Å². The number of nitrogens with one attached hydrogen (secondary N) is 1. The summed E-state index contributed by atoms with van der Waals surface area (Å²) in [6.07, 6.45) is 2.17. The Bertz CT molecular complexity index is 474. The first-order valence-electron chi connectivity index (χ1n) is 8.14. The Labute approximate surface area is 136 Å². The fourth-order valence-corrected chi connectivity index (χ4v) is 4.17. The lowest BCUT2D eigenvalue weighted by atomic mass is 10.2. The van der Waals surface area contributed by atoms with Gasteiger partial charge in [-0.2, -0.15) is 0 Å². The number of thiophene rings is 1. The Morgan fingerprint density at radius 2 is 2.27 bits per heavy atom. The standard InChI is InChI=1S/C16H25N3O2S/c1-13(12-18-7-9-21-10-8-18)17-16(20)19-6-2-4-14(19)15-5-3-11-22-15/h3,5,11,13-14H,2,4,6-10,12H2,1H3,(H,17,20)/t13-,14-/m1/s1. The molecule has 122 valence electrons. The summed E-state index contributed by atoms with van der Waals surface area (Å²) < 4.78 is 5.36. The summed E-state index contributed by atoms with van der Waals surface area (Å²) in [5.74, 6) is 0. The first-order valence-corrected chi connectivity index (χ1v) is 9.02. The number of carbonyl (C=O) groups excluding carboxylic acids is 1. The zero-order valence-electron chi connectivity index (χ0n) is 13.2. The van der Waals surface area contributed by atoms with E-state index in [4.69, 9.17) is 4.74 Å². The van der Waals surface area contributed by atoms with Crippen molar-refractivity contribution in [2.24, 2.45) is 0 Å². The minimum absolute atomic E-state index is 0.0802. The van der Waals surface area contributed by atoms with Crippen LogP contribution in [0.25, 0.3) is 0 Å². The summed E-state index contributed by atoms with van der Waals surface area (Å²) in [6, 6.07) is 4.70. The first-order chi connectivity index (χ1) is 10.7. The lowest BCUT2D eigenvalue weighted by molar-refractivity contribution is 0.0346. The van der Waals surface area contributed by atoms with Crippen molar-refractivity contribution in [3.8, 4) is 0 Å². The Hall–Kier alpha value is -1.11. The van der Waals surface area contributed by atoms with E-state index in [-0.39, 0.29) is 18.1 Å². The summed E-state index contributed by atoms with van der Waals surface area (Å²) in [5.41, 5.74) is 0. The summed E-state index contributed by atoms with van der Waals surface area (Å²) >= 11 is 1.74. The molecular formula is C16H25N3O2S. The summed E-state index contributed by atoms with van der Waals surface area (Å²) in [7, 11) is 0. The van der Waals surface area contributed by atoms with Gasteiger partial charge in [-0.05, 0) is 31.2 Å². The lowest BCUT2D eigenvalue weighted by Gasteiger charge is -2.31. The van der Waals surface area contributed by atoms with Crippen molar-refractivity contribution >= 4 is 17.4 Å². The number of hydrogen-bond donors (Lipinski definition) is 1. The van der Waals surface area contributed by atoms with Crippen LogP contribution in [0.2, 0.25) is 0 Å². The molecule has 2 atom stereocenters. The van der Waals surface area contributed by atoms with E-state index in [1.165, 1.54) is 4.88 Å². The fraction of sp³-hybridized carbons (Fsp3) is 0.688. The third kappa shape index (κ3) is 3.80. The number of carbonyl (C=O) groups is 1. The van der Waals surface area contributed by atoms with Crippen LogP contribution in [0, 0.1) is 0 Å². The molecule has 3 rings (SSSR count). The van der Waals surface area contributed by atoms with Crippen LogP contribution in [-0.2, 0) is 4.74 Å². The highest BCUT2D eigenvalue weighted by Crippen LogP contribution is 2.34. The van der Waals surface area contributed by atoms with E-state index in [1.54, 1.807) is 11.3 Å². The van der Waals surface area contributed by atoms with E-state index in [9.17, 15) is 4.79 Å². The summed E-state index contributed by atoms with van der Waals surface area (Å²) in [5, 5.41) is 5.26. The van der Waals surface area contributed by atoms with Gasteiger partial charge in [0.15, 0.2) is 0 Å². The van der Waals surface area contributed by atoms with Gasteiger partial charge in [0.2, 0.25) is 0 Å². The van der Waals surface area contributed by atoms with E-state index in [1.807, 2.05) is 4.90 Å². The molecule has 0 aliphatic carbocycles. The van der Waals surface area contributed by atoms with E-state index >= 15 is 0 Å². The number of nitrogens with zero attached hydrogens (tertiary/aromatic N) is 2. The minimum atomic E-state index is 0.0802. The summed E-state index contributed by atoms with van der Waals surface area (Å²) in [4.78, 5) is 18.2. The van der Waals surface area contributed by atoms with Gasteiger partial charge in [-0.25, -0.2) is 4.79 Å². The average Bonchev–Trinajstić information content (AvgIpc) is 3.19. The van der Waals surface area contributed by atoms with E-state index in [2.05, 4.69) is 34.7 Å². The average molecular weight is 323 g/mol. The quantitative estimate of drug-likeness (QED) is 0.925. The minimum Gasteiger partial charge on any atom is -0.379 e. The molecule has 1 N–H and O–H groups in total. The molecule has 1 aromatic rings. The molecule has 0 radical (unpaired) electrons. The predicted molar refractivity (Wildman–Crippen MR) is 88.3 cm³/mol. The first kappa shape index (κ1) is 15.8. The van der Waals surface area contributed by atoms with E-state index < -0.39 is 0 Å². The van der Waals surface area contributed by atoms with Crippen molar-refractivity contribution in [3.63, 3.8) is 0 Å². The van der Waals surface area contributed by atoms with Crippen LogP contribution >= 0.6 is 11.3 Å². The Morgan fingerprint density at radius 3 is 3.00 bits per heavy atom. The molecule has 0 bridgehead atoms. The SMILES string of the molecule is C[C@H](CN1CCOCC1)NC(=O)N1CCC[C@@H]1c1cccs1. The molecule has 2 saturated heterocycles. The highest BCUT2D eigenvalue weighted by atomic mass is 32.1. The van der Waals surface area contributed by atoms with Crippen molar-refractivity contribution in [1.82, 2.24) is 15.1 Å². The Morgan fingerprint density at radius 1 is 1.45 bits per heavy atom. The molecule has 2 aliphatic heterocycles. The van der Waals surface area contributed by atoms with Gasteiger partial charge < -0.3 is 15.0 Å². The maximum Gasteiger partial charge on any atom is 0.318 e. The second-order valence-corrected chi connectivity index (χ2v) is 7.11. The van der Waals surface area contributed by atoms with Gasteiger partial charge >= 0.3 is 6.03 Å². The third-order valence-electron chi connectivity index (χ3n) is 4.39. The van der Waals surface area contributed by atoms with Crippen LogP contribution in [0.15, 0.2) is 17.5 Å². The molecule has 5 nitrogen and oxygen atoms in total. The fourth-order valence-electron chi connectivity index (χ4n) is 3.30. The van der Waals surface area contributed by atoms with Crippen molar-refractivity contribution in [2.45, 2.75) is 31.8 Å². The number of hydrogen-bond acceptors (Lipinski definition) is 4. The van der Waals surface area contributed by atoms with Gasteiger partial charge in [-0.3, -0.25) is 4.90 Å². The second kappa shape index (κ2) is 7.44. The van der Waals surface area contributed by atoms with Crippen molar-refractivity contribution < 1.29 is 9.53 Å². The highest BCUT2D eigenvalue weighted by Gasteiger charge is 2.31. The largest absolute Gasteiger partial charge is 0.379 e. The molecule has 0 unspecified atom stereocenters. The zero-order chi connectivity index (χ0) is 15.4. The van der Waals surface area contributed by atoms with Gasteiger partial charge in [0, 0.05) is 37.1 Å². The van der Waals surface area contributed by atoms with Crippen LogP contribution in [0.5, 0.6) is 0 Å². The number of amides is 2. The van der Waals surface area contributed by atoms with Crippen LogP contribution in [0.3, 0.4) is 0 Å². The molecule has 3 heterocycles. The normalized spacial score (nSPS) is 24.4. The molecule has 2 amide bonds. The van der Waals surface area contributed by atoms with Crippen molar-refractivity contribution in [2.75, 3.05) is 39.4 Å². The maximum absolute atomic E-state index is 12.6. The molecular weight excluding hydrogens is 298 g/mol. The van der Waals surface area contributed by atoms with Gasteiger partial charge in [0.25, 0.3) is 0 Å². The lowest BCUT2D eigenvalue weighted by Crippen LogP contribution is -2.49. The number of urea groups is 1. The van der Waals surface area contributed by atoms with Crippen molar-refractivity contribution in [3.05, 3.63) is 22.4 Å². The van der Waals surface area contributed by atoms with E-state index in [0.717, 1.165) is 52.2 Å². The molecule has 6 heteroatoms. The molecule has 1 aromatic heterocycles. The summed E-state index contributed by atoms with van der Waals surface area (Å²) in [6.45, 7) is 7.36. The number of ether oxygens (including phenoxy) is 1. The van der Waals surface area contributed by atoms with Crippen LogP contribution < -0.4 is 5.32 Å². The molecule has 0 spiro atoms. The van der Waals surface area contributed by atoms with Gasteiger partial charge in [-0.1, -0.05) is 6.07 Å². The van der Waals surface area contributed by atoms with Gasteiger partial charge in [0.05, 0.1) is 19.3 Å². The van der Waals surface area contributed by atoms with Crippen LogP contribution in [0.1, 0.15) is 30.7 Å². The van der Waals surface area contributed by atoms with Crippen molar-refractivity contribution in [1.29, 1.82) is 0 Å². The predicted octanol–water partition coefficient (Wildman–Crippen LogP) is 2.32. The molecule has 2 aliphatic rings. The maximum atomic E-state index is 12.6. The van der Waals surface area contributed by atoms with Crippen LogP contribution in [0.4, 0.5) is 4.79 Å². The number of morpholine rings is 1. The smallest absolute Gasteiger partial charge is 0.318 e. The third-order valence-corrected chi connectivity index (χ3v) is 5.36. The van der Waals surface area contributed by atoms with E-state index in [0.29, 0.717) is 0 Å². The molecule has 0 saturated carbocycles. The number of likely N-dealkylation sites (tertiary alicyclic amines) is 1. The highest BCUT2D eigenvalue weighted by molar-refractivity contribution is 7.10. The Balaban J connectivity index is 1.52. The van der Waals surface area contributed by atoms with Gasteiger partial charge in [-0.15, -0.1) is 11.3 Å².